The summed E-state index contributed by atoms with van der Waals surface area (Å²) in [7, 11) is 1.25. The molecule has 1 amide bonds. The number of benzene rings is 2. The van der Waals surface area contributed by atoms with Crippen molar-refractivity contribution in [1.29, 1.82) is 0 Å². The van der Waals surface area contributed by atoms with Crippen molar-refractivity contribution in [3.05, 3.63) is 61.2 Å². The van der Waals surface area contributed by atoms with Gasteiger partial charge in [0.15, 0.2) is 0 Å². The zero-order valence-electron chi connectivity index (χ0n) is 12.7. The lowest BCUT2D eigenvalue weighted by molar-refractivity contribution is -0.135. The van der Waals surface area contributed by atoms with E-state index in [1.807, 2.05) is 30.3 Å². The van der Waals surface area contributed by atoms with Crippen LogP contribution in [-0.4, -0.2) is 25.6 Å². The minimum atomic E-state index is -0.581. The number of hydrogen-bond donors (Lipinski definition) is 1. The van der Waals surface area contributed by atoms with Gasteiger partial charge in [-0.3, -0.25) is 4.79 Å². The molecule has 5 heteroatoms. The number of methoxy groups -OCH3 is 1. The number of anilines is 1. The zero-order chi connectivity index (χ0) is 16.7. The summed E-state index contributed by atoms with van der Waals surface area (Å²) in [6.07, 6.45) is 3.87. The van der Waals surface area contributed by atoms with Crippen molar-refractivity contribution in [2.45, 2.75) is 0 Å². The third kappa shape index (κ3) is 4.71. The van der Waals surface area contributed by atoms with Crippen LogP contribution in [-0.2, 0) is 14.3 Å². The second kappa shape index (κ2) is 7.79. The average Bonchev–Trinajstić information content (AvgIpc) is 2.57. The first kappa shape index (κ1) is 16.3. The van der Waals surface area contributed by atoms with E-state index in [0.29, 0.717) is 12.3 Å². The van der Waals surface area contributed by atoms with Gasteiger partial charge in [-0.2, -0.15) is 0 Å². The van der Waals surface area contributed by atoms with Gasteiger partial charge in [-0.05, 0) is 35.0 Å². The first-order chi connectivity index (χ1) is 11.1. The Hall–Kier alpha value is -3.08. The van der Waals surface area contributed by atoms with E-state index >= 15 is 0 Å². The van der Waals surface area contributed by atoms with Gasteiger partial charge in [-0.1, -0.05) is 24.8 Å². The standard InChI is InChI=1S/C18H17NO4/c1-3-10-23-16-7-5-13-4-6-15(11-14(13)12-16)19-17(20)8-9-18(21)22-2/h3-9,11-12H,1,10H2,2H3,(H,19,20)/b9-8-. The molecule has 0 radical (unpaired) electrons. The fourth-order valence-electron chi connectivity index (χ4n) is 1.94. The van der Waals surface area contributed by atoms with Crippen LogP contribution < -0.4 is 10.1 Å². The lowest BCUT2D eigenvalue weighted by Crippen LogP contribution is -2.08. The summed E-state index contributed by atoms with van der Waals surface area (Å²) in [4.78, 5) is 22.7. The highest BCUT2D eigenvalue weighted by molar-refractivity contribution is 6.03. The lowest BCUT2D eigenvalue weighted by Gasteiger charge is -2.07. The van der Waals surface area contributed by atoms with Gasteiger partial charge in [0.25, 0.3) is 0 Å². The molecule has 0 aliphatic rings. The number of rotatable bonds is 6. The molecule has 0 aromatic heterocycles. The molecule has 0 saturated carbocycles. The van der Waals surface area contributed by atoms with Crippen LogP contribution in [0.25, 0.3) is 10.8 Å². The summed E-state index contributed by atoms with van der Waals surface area (Å²) in [6.45, 7) is 4.04. The monoisotopic (exact) mass is 311 g/mol. The summed E-state index contributed by atoms with van der Waals surface area (Å²) >= 11 is 0. The van der Waals surface area contributed by atoms with Gasteiger partial charge in [0.2, 0.25) is 5.91 Å². The molecule has 23 heavy (non-hydrogen) atoms. The van der Waals surface area contributed by atoms with E-state index in [2.05, 4.69) is 16.6 Å². The molecule has 0 bridgehead atoms. The lowest BCUT2D eigenvalue weighted by atomic mass is 10.1. The van der Waals surface area contributed by atoms with Gasteiger partial charge in [-0.25, -0.2) is 4.79 Å². The Bertz CT molecular complexity index is 765. The molecule has 5 nitrogen and oxygen atoms in total. The first-order valence-electron chi connectivity index (χ1n) is 6.97. The second-order valence-electron chi connectivity index (χ2n) is 4.67. The fraction of sp³-hybridized carbons (Fsp3) is 0.111. The number of carbonyl (C=O) groups excluding carboxylic acids is 2. The SMILES string of the molecule is C=CCOc1ccc2ccc(NC(=O)/C=C\C(=O)OC)cc2c1. The van der Waals surface area contributed by atoms with E-state index in [9.17, 15) is 9.59 Å². The predicted octanol–water partition coefficient (Wildman–Crippen LogP) is 3.07. The number of amides is 1. The highest BCUT2D eigenvalue weighted by Crippen LogP contribution is 2.24. The second-order valence-corrected chi connectivity index (χ2v) is 4.67. The van der Waals surface area contributed by atoms with Crippen molar-refractivity contribution in [2.24, 2.45) is 0 Å². The maximum atomic E-state index is 11.7. The van der Waals surface area contributed by atoms with Gasteiger partial charge >= 0.3 is 5.97 Å². The molecule has 118 valence electrons. The molecule has 2 aromatic rings. The normalized spacial score (nSPS) is 10.5. The van der Waals surface area contributed by atoms with Crippen molar-refractivity contribution in [2.75, 3.05) is 19.0 Å². The van der Waals surface area contributed by atoms with Crippen molar-refractivity contribution in [3.63, 3.8) is 0 Å². The summed E-state index contributed by atoms with van der Waals surface area (Å²) < 4.78 is 9.92. The Kier molecular flexibility index (Phi) is 5.52. The van der Waals surface area contributed by atoms with Crippen molar-refractivity contribution < 1.29 is 19.1 Å². The highest BCUT2D eigenvalue weighted by Gasteiger charge is 2.02. The number of ether oxygens (including phenoxy) is 2. The predicted molar refractivity (Wildman–Crippen MR) is 89.4 cm³/mol. The zero-order valence-corrected chi connectivity index (χ0v) is 12.7. The molecule has 0 heterocycles. The van der Waals surface area contributed by atoms with Crippen LogP contribution in [0.4, 0.5) is 5.69 Å². The number of fused-ring (bicyclic) bond motifs is 1. The van der Waals surface area contributed by atoms with E-state index < -0.39 is 11.9 Å². The van der Waals surface area contributed by atoms with E-state index in [4.69, 9.17) is 4.74 Å². The van der Waals surface area contributed by atoms with Gasteiger partial charge in [-0.15, -0.1) is 0 Å². The Balaban J connectivity index is 2.15. The van der Waals surface area contributed by atoms with Crippen LogP contribution in [0.5, 0.6) is 5.75 Å². The summed E-state index contributed by atoms with van der Waals surface area (Å²) in [5.41, 5.74) is 0.623. The third-order valence-corrected chi connectivity index (χ3v) is 3.02. The number of nitrogens with one attached hydrogen (secondary N) is 1. The maximum Gasteiger partial charge on any atom is 0.330 e. The molecule has 0 saturated heterocycles. The van der Waals surface area contributed by atoms with Gasteiger partial charge in [0.1, 0.15) is 12.4 Å². The van der Waals surface area contributed by atoms with Gasteiger partial charge in [0.05, 0.1) is 7.11 Å². The van der Waals surface area contributed by atoms with Crippen LogP contribution in [0.3, 0.4) is 0 Å². The van der Waals surface area contributed by atoms with Crippen molar-refractivity contribution in [3.8, 4) is 5.75 Å². The Morgan fingerprint density at radius 2 is 1.91 bits per heavy atom. The fourth-order valence-corrected chi connectivity index (χ4v) is 1.94. The van der Waals surface area contributed by atoms with E-state index in [-0.39, 0.29) is 0 Å². The first-order valence-corrected chi connectivity index (χ1v) is 6.97. The molecular weight excluding hydrogens is 294 g/mol. The minimum absolute atomic E-state index is 0.409. The van der Waals surface area contributed by atoms with Crippen molar-refractivity contribution >= 4 is 28.3 Å². The summed E-state index contributed by atoms with van der Waals surface area (Å²) in [6, 6.07) is 11.2. The Morgan fingerprint density at radius 3 is 2.65 bits per heavy atom. The van der Waals surface area contributed by atoms with Crippen molar-refractivity contribution in [1.82, 2.24) is 0 Å². The molecule has 0 fully saturated rings. The molecule has 2 rings (SSSR count). The van der Waals surface area contributed by atoms with E-state index in [1.165, 1.54) is 7.11 Å². The van der Waals surface area contributed by atoms with Gasteiger partial charge in [0, 0.05) is 17.8 Å². The van der Waals surface area contributed by atoms with Crippen LogP contribution in [0.2, 0.25) is 0 Å². The highest BCUT2D eigenvalue weighted by atomic mass is 16.5. The minimum Gasteiger partial charge on any atom is -0.490 e. The Labute approximate surface area is 134 Å². The molecule has 1 N–H and O–H groups in total. The van der Waals surface area contributed by atoms with Crippen LogP contribution in [0.1, 0.15) is 0 Å². The number of carbonyl (C=O) groups is 2. The van der Waals surface area contributed by atoms with Crippen LogP contribution in [0.15, 0.2) is 61.2 Å². The quantitative estimate of drug-likeness (QED) is 0.506. The molecule has 0 unspecified atom stereocenters. The number of hydrogen-bond acceptors (Lipinski definition) is 4. The molecule has 0 spiro atoms. The smallest absolute Gasteiger partial charge is 0.330 e. The molecule has 0 aliphatic heterocycles. The largest absolute Gasteiger partial charge is 0.490 e. The maximum absolute atomic E-state index is 11.7. The average molecular weight is 311 g/mol. The molecule has 0 aliphatic carbocycles. The van der Waals surface area contributed by atoms with E-state index in [0.717, 1.165) is 28.7 Å². The Morgan fingerprint density at radius 1 is 1.13 bits per heavy atom. The molecule has 2 aromatic carbocycles. The number of esters is 1. The van der Waals surface area contributed by atoms with E-state index in [1.54, 1.807) is 12.1 Å². The van der Waals surface area contributed by atoms with Crippen LogP contribution >= 0.6 is 0 Å². The van der Waals surface area contributed by atoms with Crippen LogP contribution in [0, 0.1) is 0 Å². The van der Waals surface area contributed by atoms with Gasteiger partial charge < -0.3 is 14.8 Å². The third-order valence-electron chi connectivity index (χ3n) is 3.02. The summed E-state index contributed by atoms with van der Waals surface area (Å²) in [5.74, 6) is -0.261. The summed E-state index contributed by atoms with van der Waals surface area (Å²) in [5, 5.41) is 4.64. The molecular formula is C18H17NO4. The topological polar surface area (TPSA) is 64.6 Å². The molecule has 0 atom stereocenters.